The van der Waals surface area contributed by atoms with Gasteiger partial charge < -0.3 is 5.11 Å². The highest BCUT2D eigenvalue weighted by Gasteiger charge is 2.66. The standard InChI is InChI=1S/C12H18O3/c1-11(2)8-4-5-12(11,3)10(15)7(8)6-9(13)14/h7-8H,4-6H2,1-3H3,(H,13,14). The molecule has 0 aromatic rings. The number of carbonyl (C=O) groups is 2. The van der Waals surface area contributed by atoms with Crippen molar-refractivity contribution in [1.29, 1.82) is 0 Å². The highest BCUT2D eigenvalue weighted by Crippen LogP contribution is 2.66. The van der Waals surface area contributed by atoms with Crippen LogP contribution >= 0.6 is 0 Å². The Bertz CT molecular complexity index is 332. The Morgan fingerprint density at radius 1 is 1.47 bits per heavy atom. The largest absolute Gasteiger partial charge is 0.481 e. The lowest BCUT2D eigenvalue weighted by Gasteiger charge is -2.32. The number of Topliss-reactive ketones (excluding diaryl/α,β-unsaturated/α-hetero) is 1. The van der Waals surface area contributed by atoms with E-state index in [9.17, 15) is 9.59 Å². The minimum atomic E-state index is -0.847. The second-order valence-electron chi connectivity index (χ2n) is 5.77. The average Bonchev–Trinajstić information content (AvgIpc) is 2.40. The molecular formula is C12H18O3. The van der Waals surface area contributed by atoms with Gasteiger partial charge in [0.1, 0.15) is 5.78 Å². The second-order valence-corrected chi connectivity index (χ2v) is 5.77. The smallest absolute Gasteiger partial charge is 0.304 e. The zero-order valence-corrected chi connectivity index (χ0v) is 9.54. The Labute approximate surface area is 89.9 Å². The fourth-order valence-electron chi connectivity index (χ4n) is 3.70. The summed E-state index contributed by atoms with van der Waals surface area (Å²) in [4.78, 5) is 22.9. The van der Waals surface area contributed by atoms with E-state index in [0.29, 0.717) is 0 Å². The van der Waals surface area contributed by atoms with Crippen molar-refractivity contribution < 1.29 is 14.7 Å². The van der Waals surface area contributed by atoms with Crippen LogP contribution in [-0.4, -0.2) is 16.9 Å². The van der Waals surface area contributed by atoms with E-state index in [4.69, 9.17) is 5.11 Å². The van der Waals surface area contributed by atoms with E-state index < -0.39 is 5.97 Å². The third-order valence-corrected chi connectivity index (χ3v) is 5.07. The van der Waals surface area contributed by atoms with Crippen LogP contribution in [0.2, 0.25) is 0 Å². The fraction of sp³-hybridized carbons (Fsp3) is 0.833. The van der Waals surface area contributed by atoms with Crippen molar-refractivity contribution in [3.63, 3.8) is 0 Å². The first-order valence-electron chi connectivity index (χ1n) is 5.57. The Morgan fingerprint density at radius 2 is 2.07 bits per heavy atom. The quantitative estimate of drug-likeness (QED) is 0.759. The number of ketones is 1. The molecular weight excluding hydrogens is 192 g/mol. The molecule has 0 aromatic carbocycles. The normalized spacial score (nSPS) is 42.2. The van der Waals surface area contributed by atoms with Crippen molar-refractivity contribution in [2.75, 3.05) is 0 Å². The number of carbonyl (C=O) groups excluding carboxylic acids is 1. The first kappa shape index (κ1) is 10.7. The molecule has 3 heteroatoms. The summed E-state index contributed by atoms with van der Waals surface area (Å²) in [5, 5.41) is 8.82. The second kappa shape index (κ2) is 2.83. The van der Waals surface area contributed by atoms with Crippen molar-refractivity contribution in [2.45, 2.75) is 40.0 Å². The zero-order chi connectivity index (χ0) is 11.4. The summed E-state index contributed by atoms with van der Waals surface area (Å²) in [7, 11) is 0. The molecule has 2 aliphatic rings. The summed E-state index contributed by atoms with van der Waals surface area (Å²) < 4.78 is 0. The summed E-state index contributed by atoms with van der Waals surface area (Å²) in [6.45, 7) is 6.24. The molecule has 0 heterocycles. The van der Waals surface area contributed by atoms with Gasteiger partial charge in [0.05, 0.1) is 6.42 Å². The van der Waals surface area contributed by atoms with E-state index in [-0.39, 0.29) is 34.9 Å². The summed E-state index contributed by atoms with van der Waals surface area (Å²) in [5.74, 6) is -0.631. The number of hydrogen-bond donors (Lipinski definition) is 1. The molecule has 2 fully saturated rings. The van der Waals surface area contributed by atoms with E-state index in [0.717, 1.165) is 12.8 Å². The van der Waals surface area contributed by atoms with E-state index >= 15 is 0 Å². The topological polar surface area (TPSA) is 54.4 Å². The van der Waals surface area contributed by atoms with Crippen molar-refractivity contribution >= 4 is 11.8 Å². The first-order valence-corrected chi connectivity index (χ1v) is 5.57. The molecule has 0 aromatic heterocycles. The van der Waals surface area contributed by atoms with Gasteiger partial charge in [-0.15, -0.1) is 0 Å². The highest BCUT2D eigenvalue weighted by molar-refractivity contribution is 5.93. The maximum absolute atomic E-state index is 12.2. The van der Waals surface area contributed by atoms with Crippen LogP contribution in [0.4, 0.5) is 0 Å². The van der Waals surface area contributed by atoms with Gasteiger partial charge in [-0.05, 0) is 24.2 Å². The number of rotatable bonds is 2. The van der Waals surface area contributed by atoms with Gasteiger partial charge in [0.2, 0.25) is 0 Å². The molecule has 84 valence electrons. The Morgan fingerprint density at radius 3 is 2.47 bits per heavy atom. The monoisotopic (exact) mass is 210 g/mol. The minimum absolute atomic E-state index is 0.0164. The molecule has 1 N–H and O–H groups in total. The van der Waals surface area contributed by atoms with Crippen LogP contribution in [0.5, 0.6) is 0 Å². The van der Waals surface area contributed by atoms with Crippen molar-refractivity contribution in [1.82, 2.24) is 0 Å². The van der Waals surface area contributed by atoms with Crippen LogP contribution in [0.1, 0.15) is 40.0 Å². The number of carboxylic acids is 1. The van der Waals surface area contributed by atoms with Gasteiger partial charge in [-0.2, -0.15) is 0 Å². The number of hydrogen-bond acceptors (Lipinski definition) is 2. The summed E-state index contributed by atoms with van der Waals surface area (Å²) in [6, 6.07) is 0. The van der Waals surface area contributed by atoms with E-state index in [1.54, 1.807) is 0 Å². The molecule has 2 rings (SSSR count). The molecule has 0 aliphatic heterocycles. The van der Waals surface area contributed by atoms with E-state index in [1.807, 2.05) is 6.92 Å². The van der Waals surface area contributed by atoms with Crippen molar-refractivity contribution in [3.05, 3.63) is 0 Å². The minimum Gasteiger partial charge on any atom is -0.481 e. The molecule has 2 aliphatic carbocycles. The van der Waals surface area contributed by atoms with Crippen molar-refractivity contribution in [2.24, 2.45) is 22.7 Å². The van der Waals surface area contributed by atoms with Crippen LogP contribution in [0.25, 0.3) is 0 Å². The van der Waals surface area contributed by atoms with E-state index in [1.165, 1.54) is 0 Å². The number of fused-ring (bicyclic) bond motifs is 2. The summed E-state index contributed by atoms with van der Waals surface area (Å²) in [5.41, 5.74) is -0.304. The maximum Gasteiger partial charge on any atom is 0.304 e. The average molecular weight is 210 g/mol. The predicted octanol–water partition coefficient (Wildman–Crippen LogP) is 2.10. The Balaban J connectivity index is 2.34. The van der Waals surface area contributed by atoms with Crippen LogP contribution in [0, 0.1) is 22.7 Å². The molecule has 2 bridgehead atoms. The number of aliphatic carboxylic acids is 1. The van der Waals surface area contributed by atoms with Crippen LogP contribution in [0.15, 0.2) is 0 Å². The highest BCUT2D eigenvalue weighted by atomic mass is 16.4. The van der Waals surface area contributed by atoms with Gasteiger partial charge >= 0.3 is 5.97 Å². The first-order chi connectivity index (χ1) is 6.80. The lowest BCUT2D eigenvalue weighted by atomic mass is 9.70. The summed E-state index contributed by atoms with van der Waals surface area (Å²) >= 11 is 0. The molecule has 0 amide bonds. The molecule has 2 saturated carbocycles. The van der Waals surface area contributed by atoms with Gasteiger partial charge in [-0.3, -0.25) is 9.59 Å². The molecule has 3 unspecified atom stereocenters. The molecule has 3 atom stereocenters. The number of carboxylic acid groups (broad SMARTS) is 1. The molecule has 3 nitrogen and oxygen atoms in total. The molecule has 0 spiro atoms. The lowest BCUT2D eigenvalue weighted by molar-refractivity contribution is -0.142. The molecule has 15 heavy (non-hydrogen) atoms. The third kappa shape index (κ3) is 1.12. The predicted molar refractivity (Wildman–Crippen MR) is 55.4 cm³/mol. The van der Waals surface area contributed by atoms with Gasteiger partial charge in [0.15, 0.2) is 0 Å². The molecule has 0 radical (unpaired) electrons. The molecule has 0 saturated heterocycles. The van der Waals surface area contributed by atoms with Crippen LogP contribution in [-0.2, 0) is 9.59 Å². The van der Waals surface area contributed by atoms with Crippen LogP contribution in [0.3, 0.4) is 0 Å². The van der Waals surface area contributed by atoms with Crippen molar-refractivity contribution in [3.8, 4) is 0 Å². The zero-order valence-electron chi connectivity index (χ0n) is 9.54. The maximum atomic E-state index is 12.2. The Hall–Kier alpha value is -0.860. The Kier molecular flexibility index (Phi) is 2.01. The van der Waals surface area contributed by atoms with Gasteiger partial charge in [0, 0.05) is 11.3 Å². The summed E-state index contributed by atoms with van der Waals surface area (Å²) in [6.07, 6.45) is 1.95. The van der Waals surface area contributed by atoms with Gasteiger partial charge in [-0.1, -0.05) is 20.8 Å². The van der Waals surface area contributed by atoms with Gasteiger partial charge in [-0.25, -0.2) is 0 Å². The SMILES string of the molecule is CC12CCC(C(CC(=O)O)C1=O)C2(C)C. The van der Waals surface area contributed by atoms with E-state index in [2.05, 4.69) is 13.8 Å². The fourth-order valence-corrected chi connectivity index (χ4v) is 3.70. The van der Waals surface area contributed by atoms with Crippen LogP contribution < -0.4 is 0 Å². The van der Waals surface area contributed by atoms with Gasteiger partial charge in [0.25, 0.3) is 0 Å². The third-order valence-electron chi connectivity index (χ3n) is 5.07. The lowest BCUT2D eigenvalue weighted by Crippen LogP contribution is -2.33.